The lowest BCUT2D eigenvalue weighted by Gasteiger charge is -2.31. The molecule has 0 aromatic rings. The molecule has 0 bridgehead atoms. The fourth-order valence-electron chi connectivity index (χ4n) is 1.02. The van der Waals surface area contributed by atoms with E-state index in [9.17, 15) is 13.7 Å². The molecule has 0 fully saturated rings. The minimum absolute atomic E-state index is 0.148. The number of hydrogen-bond acceptors (Lipinski definition) is 3. The molecule has 0 heterocycles. The highest BCUT2D eigenvalue weighted by molar-refractivity contribution is 7.89. The minimum Gasteiger partial charge on any atom is -0.323 e. The number of rotatable bonds is 4. The van der Waals surface area contributed by atoms with Crippen molar-refractivity contribution in [2.24, 2.45) is 0 Å². The highest BCUT2D eigenvalue weighted by Gasteiger charge is 2.70. The summed E-state index contributed by atoms with van der Waals surface area (Å²) in [5, 5.41) is 0. The second-order valence-electron chi connectivity index (χ2n) is 2.82. The third-order valence-electron chi connectivity index (χ3n) is 1.68. The van der Waals surface area contributed by atoms with Gasteiger partial charge in [0.25, 0.3) is 4.64 Å². The zero-order valence-electron chi connectivity index (χ0n) is 7.90. The van der Waals surface area contributed by atoms with Crippen molar-refractivity contribution in [3.63, 3.8) is 0 Å². The monoisotopic (exact) mass is 296 g/mol. The van der Waals surface area contributed by atoms with Gasteiger partial charge in [-0.05, 0) is 13.0 Å². The minimum atomic E-state index is -5.78. The van der Waals surface area contributed by atoms with Crippen LogP contribution in [0.2, 0.25) is 0 Å². The second-order valence-corrected chi connectivity index (χ2v) is 9.26. The summed E-state index contributed by atoms with van der Waals surface area (Å²) in [4.78, 5) is 52.8. The maximum absolute atomic E-state index is 11.0. The van der Waals surface area contributed by atoms with Gasteiger partial charge < -0.3 is 29.4 Å². The molecule has 0 spiro atoms. The van der Waals surface area contributed by atoms with Gasteiger partial charge in [0, 0.05) is 0 Å². The van der Waals surface area contributed by atoms with Gasteiger partial charge in [-0.25, -0.2) is 0 Å². The van der Waals surface area contributed by atoms with Crippen LogP contribution >= 0.6 is 22.8 Å². The molecule has 9 nitrogen and oxygen atoms in total. The molecule has 0 aromatic carbocycles. The molecule has 0 aliphatic rings. The van der Waals surface area contributed by atoms with E-state index in [4.69, 9.17) is 29.4 Å². The van der Waals surface area contributed by atoms with Crippen LogP contribution < -0.4 is 0 Å². The Morgan fingerprint density at radius 3 is 1.12 bits per heavy atom. The van der Waals surface area contributed by atoms with Crippen molar-refractivity contribution in [3.05, 3.63) is 12.2 Å². The zero-order chi connectivity index (χ0) is 13.4. The lowest BCUT2D eigenvalue weighted by atomic mass is 10.6. The van der Waals surface area contributed by atoms with Crippen LogP contribution in [0.4, 0.5) is 0 Å². The largest absolute Gasteiger partial charge is 0.360 e. The van der Waals surface area contributed by atoms with E-state index >= 15 is 0 Å². The Morgan fingerprint density at radius 2 is 1.06 bits per heavy atom. The number of allylic oxidation sites excluding steroid dienone is 2. The van der Waals surface area contributed by atoms with Crippen molar-refractivity contribution in [3.8, 4) is 0 Å². The maximum atomic E-state index is 11.0. The lowest BCUT2D eigenvalue weighted by molar-refractivity contribution is 0.313. The molecule has 12 heteroatoms. The molecule has 0 aromatic heterocycles. The Morgan fingerprint density at radius 1 is 0.812 bits per heavy atom. The first-order valence-electron chi connectivity index (χ1n) is 3.62. The van der Waals surface area contributed by atoms with Crippen LogP contribution in [0.5, 0.6) is 0 Å². The molecule has 0 unspecified atom stereocenters. The molecular formula is C4H11O9P3. The van der Waals surface area contributed by atoms with E-state index < -0.39 is 27.4 Å². The van der Waals surface area contributed by atoms with E-state index in [2.05, 4.69) is 0 Å². The van der Waals surface area contributed by atoms with Crippen molar-refractivity contribution in [2.45, 2.75) is 11.6 Å². The van der Waals surface area contributed by atoms with Gasteiger partial charge in [-0.1, -0.05) is 6.08 Å². The Hall–Kier alpha value is 0.190. The van der Waals surface area contributed by atoms with Gasteiger partial charge in [0.2, 0.25) is 0 Å². The van der Waals surface area contributed by atoms with E-state index in [1.165, 1.54) is 0 Å². The Kier molecular flexibility index (Phi) is 4.51. The molecule has 0 aliphatic carbocycles. The SMILES string of the molecule is C/C=C/C(P(=O)(O)O)(P(=O)(O)O)P(=O)(O)O. The van der Waals surface area contributed by atoms with Crippen LogP contribution in [0.3, 0.4) is 0 Å². The highest BCUT2D eigenvalue weighted by Crippen LogP contribution is 2.83. The van der Waals surface area contributed by atoms with Gasteiger partial charge in [0.05, 0.1) is 0 Å². The second kappa shape index (κ2) is 4.46. The predicted octanol–water partition coefficient (Wildman–Crippen LogP) is -0.251. The standard InChI is InChI=1S/C4H11O9P3/c1-2-3-4(14(5,6)7,15(8,9)10)16(11,12)13/h2-3H,1H3,(H2,5,6,7)(H2,8,9,10)(H2,11,12,13)/b3-2+. The Labute approximate surface area is 90.3 Å². The van der Waals surface area contributed by atoms with Crippen molar-refractivity contribution in [1.29, 1.82) is 0 Å². The quantitative estimate of drug-likeness (QED) is 0.302. The summed E-state index contributed by atoms with van der Waals surface area (Å²) in [5.41, 5.74) is 0. The molecular weight excluding hydrogens is 285 g/mol. The molecule has 0 amide bonds. The topological polar surface area (TPSA) is 173 Å². The van der Waals surface area contributed by atoms with Gasteiger partial charge in [-0.3, -0.25) is 13.7 Å². The average molecular weight is 296 g/mol. The summed E-state index contributed by atoms with van der Waals surface area (Å²) in [7, 11) is -17.3. The van der Waals surface area contributed by atoms with Crippen LogP contribution in [0, 0.1) is 0 Å². The lowest BCUT2D eigenvalue weighted by Crippen LogP contribution is -2.26. The summed E-state index contributed by atoms with van der Waals surface area (Å²) in [6, 6.07) is 0. The van der Waals surface area contributed by atoms with E-state index in [0.717, 1.165) is 13.0 Å². The van der Waals surface area contributed by atoms with Crippen LogP contribution in [-0.4, -0.2) is 34.0 Å². The summed E-state index contributed by atoms with van der Waals surface area (Å²) < 4.78 is 29.2. The van der Waals surface area contributed by atoms with Crippen molar-refractivity contribution in [1.82, 2.24) is 0 Å². The first-order valence-corrected chi connectivity index (χ1v) is 8.45. The molecule has 0 rings (SSSR count). The van der Waals surface area contributed by atoms with Gasteiger partial charge >= 0.3 is 22.8 Å². The van der Waals surface area contributed by atoms with Crippen molar-refractivity contribution < 1.29 is 43.1 Å². The molecule has 0 radical (unpaired) electrons. The highest BCUT2D eigenvalue weighted by atomic mass is 31.3. The summed E-state index contributed by atoms with van der Waals surface area (Å²) >= 11 is 0. The summed E-state index contributed by atoms with van der Waals surface area (Å²) in [6.45, 7) is 1.11. The van der Waals surface area contributed by atoms with Gasteiger partial charge in [-0.15, -0.1) is 0 Å². The average Bonchev–Trinajstić information content (AvgIpc) is 1.91. The third-order valence-corrected chi connectivity index (χ3v) is 9.39. The van der Waals surface area contributed by atoms with Crippen molar-refractivity contribution in [2.75, 3.05) is 0 Å². The van der Waals surface area contributed by atoms with Gasteiger partial charge in [0.15, 0.2) is 0 Å². The first-order chi connectivity index (χ1) is 6.81. The fourth-order valence-corrected chi connectivity index (χ4v) is 6.13. The molecule has 0 atom stereocenters. The molecule has 0 saturated heterocycles. The molecule has 96 valence electrons. The van der Waals surface area contributed by atoms with E-state index in [1.807, 2.05) is 0 Å². The summed E-state index contributed by atoms with van der Waals surface area (Å²) in [5.74, 6) is 0. The molecule has 6 N–H and O–H groups in total. The summed E-state index contributed by atoms with van der Waals surface area (Å²) in [6.07, 6.45) is 0.895. The van der Waals surface area contributed by atoms with Crippen LogP contribution in [0.15, 0.2) is 12.2 Å². The normalized spacial score (nSPS) is 15.7. The third kappa shape index (κ3) is 2.54. The van der Waals surface area contributed by atoms with E-state index in [1.54, 1.807) is 0 Å². The first kappa shape index (κ1) is 16.2. The molecule has 0 aliphatic heterocycles. The molecule has 0 saturated carbocycles. The van der Waals surface area contributed by atoms with Crippen LogP contribution in [0.25, 0.3) is 0 Å². The van der Waals surface area contributed by atoms with Crippen LogP contribution in [-0.2, 0) is 13.7 Å². The predicted molar refractivity (Wildman–Crippen MR) is 53.7 cm³/mol. The van der Waals surface area contributed by atoms with Crippen LogP contribution in [0.1, 0.15) is 6.92 Å². The Bertz CT molecular complexity index is 365. The van der Waals surface area contributed by atoms with Gasteiger partial charge in [0.1, 0.15) is 0 Å². The smallest absolute Gasteiger partial charge is 0.323 e. The number of hydrogen-bond donors (Lipinski definition) is 6. The zero-order valence-corrected chi connectivity index (χ0v) is 10.6. The molecule has 16 heavy (non-hydrogen) atoms. The fraction of sp³-hybridized carbons (Fsp3) is 0.500. The van der Waals surface area contributed by atoms with Crippen molar-refractivity contribution >= 4 is 22.8 Å². The van der Waals surface area contributed by atoms with Gasteiger partial charge in [-0.2, -0.15) is 0 Å². The van der Waals surface area contributed by atoms with E-state index in [0.29, 0.717) is 0 Å². The maximum Gasteiger partial charge on any atom is 0.360 e. The van der Waals surface area contributed by atoms with E-state index in [-0.39, 0.29) is 6.08 Å². The Balaban J connectivity index is 6.40.